The molecule has 0 aliphatic rings. The summed E-state index contributed by atoms with van der Waals surface area (Å²) in [5.41, 5.74) is 6.57. The van der Waals surface area contributed by atoms with E-state index in [2.05, 4.69) is 9.72 Å². The van der Waals surface area contributed by atoms with Crippen LogP contribution in [-0.2, 0) is 4.74 Å². The maximum Gasteiger partial charge on any atom is 0.339 e. The Kier molecular flexibility index (Phi) is 3.82. The summed E-state index contributed by atoms with van der Waals surface area (Å²) in [7, 11) is 1.34. The minimum Gasteiger partial charge on any atom is -0.465 e. The average molecular weight is 192 g/mol. The van der Waals surface area contributed by atoms with Crippen LogP contribution in [0.4, 0.5) is 0 Å². The minimum atomic E-state index is -0.388. The SMILES string of the molecule is COC(=O)c1cncc(C=CCN)c1. The molecule has 0 fully saturated rings. The number of nitrogens with zero attached hydrogens (tertiary/aromatic N) is 1. The van der Waals surface area contributed by atoms with Crippen molar-refractivity contribution in [1.82, 2.24) is 4.98 Å². The highest BCUT2D eigenvalue weighted by atomic mass is 16.5. The van der Waals surface area contributed by atoms with Gasteiger partial charge in [-0.2, -0.15) is 0 Å². The Balaban J connectivity index is 2.89. The number of carbonyl (C=O) groups excluding carboxylic acids is 1. The van der Waals surface area contributed by atoms with Crippen molar-refractivity contribution < 1.29 is 9.53 Å². The van der Waals surface area contributed by atoms with Crippen LogP contribution < -0.4 is 5.73 Å². The smallest absolute Gasteiger partial charge is 0.339 e. The van der Waals surface area contributed by atoms with Crippen molar-refractivity contribution in [2.24, 2.45) is 5.73 Å². The number of carbonyl (C=O) groups is 1. The fourth-order valence-corrected chi connectivity index (χ4v) is 0.982. The van der Waals surface area contributed by atoms with Crippen molar-refractivity contribution >= 4 is 12.0 Å². The molecule has 0 saturated heterocycles. The van der Waals surface area contributed by atoms with Crippen molar-refractivity contribution in [2.75, 3.05) is 13.7 Å². The molecule has 0 aromatic carbocycles. The van der Waals surface area contributed by atoms with Gasteiger partial charge in [0.1, 0.15) is 0 Å². The van der Waals surface area contributed by atoms with E-state index in [4.69, 9.17) is 5.73 Å². The second-order valence-corrected chi connectivity index (χ2v) is 2.64. The normalized spacial score (nSPS) is 10.4. The maximum absolute atomic E-state index is 11.1. The molecule has 0 saturated carbocycles. The second kappa shape index (κ2) is 5.14. The Morgan fingerprint density at radius 1 is 1.64 bits per heavy atom. The van der Waals surface area contributed by atoms with E-state index in [1.165, 1.54) is 13.3 Å². The van der Waals surface area contributed by atoms with E-state index in [1.807, 2.05) is 0 Å². The van der Waals surface area contributed by atoms with Gasteiger partial charge in [0.05, 0.1) is 12.7 Å². The molecule has 0 aliphatic carbocycles. The number of esters is 1. The van der Waals surface area contributed by atoms with E-state index in [0.717, 1.165) is 5.56 Å². The van der Waals surface area contributed by atoms with Crippen molar-refractivity contribution in [1.29, 1.82) is 0 Å². The molecule has 1 aromatic heterocycles. The quantitative estimate of drug-likeness (QED) is 0.721. The molecule has 0 radical (unpaired) electrons. The number of aromatic nitrogens is 1. The molecule has 0 spiro atoms. The summed E-state index contributed by atoms with van der Waals surface area (Å²) in [5, 5.41) is 0. The monoisotopic (exact) mass is 192 g/mol. The fraction of sp³-hybridized carbons (Fsp3) is 0.200. The van der Waals surface area contributed by atoms with Crippen LogP contribution in [0, 0.1) is 0 Å². The zero-order chi connectivity index (χ0) is 10.4. The number of hydrogen-bond donors (Lipinski definition) is 1. The molecule has 1 aromatic rings. The molecule has 4 nitrogen and oxygen atoms in total. The molecular weight excluding hydrogens is 180 g/mol. The van der Waals surface area contributed by atoms with Gasteiger partial charge in [0.25, 0.3) is 0 Å². The summed E-state index contributed by atoms with van der Waals surface area (Å²) in [6.45, 7) is 0.461. The largest absolute Gasteiger partial charge is 0.465 e. The molecule has 0 aliphatic heterocycles. The summed E-state index contributed by atoms with van der Waals surface area (Å²) in [6.07, 6.45) is 6.71. The van der Waals surface area contributed by atoms with E-state index in [-0.39, 0.29) is 5.97 Å². The fourth-order valence-electron chi connectivity index (χ4n) is 0.982. The van der Waals surface area contributed by atoms with E-state index in [1.54, 1.807) is 24.4 Å². The van der Waals surface area contributed by atoms with Gasteiger partial charge in [-0.15, -0.1) is 0 Å². The van der Waals surface area contributed by atoms with Crippen molar-refractivity contribution in [3.8, 4) is 0 Å². The number of ether oxygens (including phenoxy) is 1. The van der Waals surface area contributed by atoms with Crippen LogP contribution in [0.1, 0.15) is 15.9 Å². The molecule has 0 atom stereocenters. The van der Waals surface area contributed by atoms with Crippen LogP contribution in [0.15, 0.2) is 24.5 Å². The van der Waals surface area contributed by atoms with Gasteiger partial charge >= 0.3 is 5.97 Å². The Labute approximate surface area is 82.4 Å². The highest BCUT2D eigenvalue weighted by Crippen LogP contribution is 2.05. The lowest BCUT2D eigenvalue weighted by Crippen LogP contribution is -2.01. The summed E-state index contributed by atoms with van der Waals surface area (Å²) < 4.78 is 4.57. The highest BCUT2D eigenvalue weighted by molar-refractivity contribution is 5.89. The van der Waals surface area contributed by atoms with Crippen molar-refractivity contribution in [3.05, 3.63) is 35.7 Å². The first-order chi connectivity index (χ1) is 6.77. The van der Waals surface area contributed by atoms with E-state index in [0.29, 0.717) is 12.1 Å². The highest BCUT2D eigenvalue weighted by Gasteiger charge is 2.04. The first-order valence-electron chi connectivity index (χ1n) is 4.18. The third-order valence-electron chi connectivity index (χ3n) is 1.63. The summed E-state index contributed by atoms with van der Waals surface area (Å²) in [4.78, 5) is 15.0. The van der Waals surface area contributed by atoms with Gasteiger partial charge in [0.15, 0.2) is 0 Å². The third-order valence-corrected chi connectivity index (χ3v) is 1.63. The second-order valence-electron chi connectivity index (χ2n) is 2.64. The van der Waals surface area contributed by atoms with Crippen LogP contribution in [0.5, 0.6) is 0 Å². The first kappa shape index (κ1) is 10.4. The van der Waals surface area contributed by atoms with Crippen molar-refractivity contribution in [3.63, 3.8) is 0 Å². The maximum atomic E-state index is 11.1. The van der Waals surface area contributed by atoms with E-state index < -0.39 is 0 Å². The average Bonchev–Trinajstić information content (AvgIpc) is 2.25. The van der Waals surface area contributed by atoms with Crippen LogP contribution in [0.3, 0.4) is 0 Å². The third kappa shape index (κ3) is 2.67. The van der Waals surface area contributed by atoms with Crippen LogP contribution >= 0.6 is 0 Å². The predicted octanol–water partition coefficient (Wildman–Crippen LogP) is 0.840. The number of methoxy groups -OCH3 is 1. The number of pyridine rings is 1. The lowest BCUT2D eigenvalue weighted by molar-refractivity contribution is 0.0600. The summed E-state index contributed by atoms with van der Waals surface area (Å²) in [6, 6.07) is 1.70. The van der Waals surface area contributed by atoms with E-state index in [9.17, 15) is 4.79 Å². The standard InChI is InChI=1S/C10H12N2O2/c1-14-10(13)9-5-8(3-2-4-11)6-12-7-9/h2-3,5-7H,4,11H2,1H3. The van der Waals surface area contributed by atoms with Crippen LogP contribution in [0.2, 0.25) is 0 Å². The Hall–Kier alpha value is -1.68. The zero-order valence-electron chi connectivity index (χ0n) is 7.93. The Morgan fingerprint density at radius 3 is 3.07 bits per heavy atom. The lowest BCUT2D eigenvalue weighted by Gasteiger charge is -1.99. The summed E-state index contributed by atoms with van der Waals surface area (Å²) in [5.74, 6) is -0.388. The molecule has 2 N–H and O–H groups in total. The Bertz CT molecular complexity index is 348. The molecule has 14 heavy (non-hydrogen) atoms. The molecule has 0 bridgehead atoms. The van der Waals surface area contributed by atoms with E-state index >= 15 is 0 Å². The predicted molar refractivity (Wildman–Crippen MR) is 53.7 cm³/mol. The molecule has 74 valence electrons. The van der Waals surface area contributed by atoms with Crippen LogP contribution in [-0.4, -0.2) is 24.6 Å². The zero-order valence-corrected chi connectivity index (χ0v) is 7.93. The van der Waals surface area contributed by atoms with Gasteiger partial charge in [-0.25, -0.2) is 4.79 Å². The molecule has 1 heterocycles. The van der Waals surface area contributed by atoms with Crippen LogP contribution in [0.25, 0.3) is 6.08 Å². The van der Waals surface area contributed by atoms with Crippen molar-refractivity contribution in [2.45, 2.75) is 0 Å². The number of hydrogen-bond acceptors (Lipinski definition) is 4. The molecule has 1 rings (SSSR count). The lowest BCUT2D eigenvalue weighted by atomic mass is 10.2. The molecule has 0 unspecified atom stereocenters. The van der Waals surface area contributed by atoms with Gasteiger partial charge in [-0.1, -0.05) is 12.2 Å². The first-order valence-corrected chi connectivity index (χ1v) is 4.18. The molecule has 4 heteroatoms. The van der Waals surface area contributed by atoms with Gasteiger partial charge in [0.2, 0.25) is 0 Å². The number of rotatable bonds is 3. The minimum absolute atomic E-state index is 0.388. The Morgan fingerprint density at radius 2 is 2.43 bits per heavy atom. The van der Waals surface area contributed by atoms with Gasteiger partial charge in [-0.3, -0.25) is 4.98 Å². The number of nitrogens with two attached hydrogens (primary N) is 1. The summed E-state index contributed by atoms with van der Waals surface area (Å²) >= 11 is 0. The van der Waals surface area contributed by atoms with Gasteiger partial charge in [0, 0.05) is 18.9 Å². The van der Waals surface area contributed by atoms with Gasteiger partial charge in [-0.05, 0) is 11.6 Å². The van der Waals surface area contributed by atoms with Gasteiger partial charge < -0.3 is 10.5 Å². The topological polar surface area (TPSA) is 65.2 Å². The molecular formula is C10H12N2O2. The molecule has 0 amide bonds.